The van der Waals surface area contributed by atoms with Crippen molar-refractivity contribution in [1.82, 2.24) is 21.3 Å². The molecule has 4 N–H and O–H groups in total. The minimum absolute atomic E-state index is 0.0384. The first kappa shape index (κ1) is 44.5. The Morgan fingerprint density at radius 2 is 1.36 bits per heavy atom. The van der Waals surface area contributed by atoms with Gasteiger partial charge in [0, 0.05) is 24.0 Å². The van der Waals surface area contributed by atoms with E-state index in [0.29, 0.717) is 24.6 Å². The van der Waals surface area contributed by atoms with Gasteiger partial charge in [-0.15, -0.1) is 0 Å². The van der Waals surface area contributed by atoms with Crippen LogP contribution in [-0.2, 0) is 19.9 Å². The van der Waals surface area contributed by atoms with Crippen molar-refractivity contribution in [2.75, 3.05) is 26.0 Å². The second-order valence-electron chi connectivity index (χ2n) is 16.9. The summed E-state index contributed by atoms with van der Waals surface area (Å²) in [5.41, 5.74) is 1.63. The summed E-state index contributed by atoms with van der Waals surface area (Å²) < 4.78 is 12.6. The predicted octanol–water partition coefficient (Wildman–Crippen LogP) is 9.42. The Kier molecular flexibility index (Phi) is 17.9. The number of fused-ring (bicyclic) bond motifs is 1. The van der Waals surface area contributed by atoms with Crippen LogP contribution in [0.3, 0.4) is 0 Å². The SMILES string of the molecule is COc1ccc(C(OCC(NC(=O)CCCCC2SCC3NC(=O)NC32)C(=O)NCCCCCCC2CCCCCCCCC2)(c2ccccc2)c2ccccc2)cc1. The number of carbonyl (C=O) groups excluding carboxylic acids is 3. The first-order valence-electron chi connectivity index (χ1n) is 22.6. The van der Waals surface area contributed by atoms with E-state index in [9.17, 15) is 14.4 Å². The highest BCUT2D eigenvalue weighted by Crippen LogP contribution is 2.41. The molecule has 3 aromatic carbocycles. The molecule has 59 heavy (non-hydrogen) atoms. The van der Waals surface area contributed by atoms with E-state index < -0.39 is 11.6 Å². The van der Waals surface area contributed by atoms with Gasteiger partial charge in [0.15, 0.2) is 0 Å². The van der Waals surface area contributed by atoms with Crippen LogP contribution in [-0.4, -0.2) is 67.2 Å². The number of rotatable bonds is 21. The van der Waals surface area contributed by atoms with Gasteiger partial charge in [-0.3, -0.25) is 9.59 Å². The third-order valence-corrected chi connectivity index (χ3v) is 14.1. The summed E-state index contributed by atoms with van der Waals surface area (Å²) in [4.78, 5) is 39.5. The molecule has 4 amide bonds. The van der Waals surface area contributed by atoms with Gasteiger partial charge < -0.3 is 30.7 Å². The monoisotopic (exact) mass is 824 g/mol. The van der Waals surface area contributed by atoms with Crippen molar-refractivity contribution >= 4 is 29.6 Å². The van der Waals surface area contributed by atoms with Crippen molar-refractivity contribution in [1.29, 1.82) is 0 Å². The Labute approximate surface area is 357 Å². The Morgan fingerprint density at radius 3 is 2.02 bits per heavy atom. The van der Waals surface area contributed by atoms with Crippen LogP contribution < -0.4 is 26.0 Å². The maximum absolute atomic E-state index is 14.1. The molecule has 1 aliphatic carbocycles. The molecule has 3 fully saturated rings. The lowest BCUT2D eigenvalue weighted by Gasteiger charge is -2.37. The molecule has 4 atom stereocenters. The number of thioether (sulfide) groups is 1. The molecular formula is C49H68N4O5S. The molecule has 6 rings (SSSR count). The lowest BCUT2D eigenvalue weighted by molar-refractivity contribution is -0.132. The van der Waals surface area contributed by atoms with Gasteiger partial charge in [0.2, 0.25) is 11.8 Å². The number of urea groups is 1. The molecule has 2 heterocycles. The highest BCUT2D eigenvalue weighted by Gasteiger charge is 2.43. The topological polar surface area (TPSA) is 118 Å². The van der Waals surface area contributed by atoms with Crippen LogP contribution in [0, 0.1) is 5.92 Å². The van der Waals surface area contributed by atoms with E-state index in [4.69, 9.17) is 9.47 Å². The van der Waals surface area contributed by atoms with E-state index >= 15 is 0 Å². The Hall–Kier alpha value is -4.02. The molecule has 0 spiro atoms. The molecule has 3 aliphatic rings. The van der Waals surface area contributed by atoms with Crippen LogP contribution in [0.5, 0.6) is 5.75 Å². The predicted molar refractivity (Wildman–Crippen MR) is 239 cm³/mol. The quantitative estimate of drug-likeness (QED) is 0.0483. The van der Waals surface area contributed by atoms with E-state index in [2.05, 4.69) is 21.3 Å². The van der Waals surface area contributed by atoms with E-state index in [1.165, 1.54) is 77.0 Å². The van der Waals surface area contributed by atoms with Crippen molar-refractivity contribution in [3.8, 4) is 5.75 Å². The number of ether oxygens (including phenoxy) is 2. The van der Waals surface area contributed by atoms with Gasteiger partial charge in [-0.05, 0) is 54.0 Å². The zero-order chi connectivity index (χ0) is 41.1. The largest absolute Gasteiger partial charge is 0.497 e. The smallest absolute Gasteiger partial charge is 0.315 e. The van der Waals surface area contributed by atoms with Crippen molar-refractivity contribution in [3.63, 3.8) is 0 Å². The van der Waals surface area contributed by atoms with E-state index in [1.54, 1.807) is 7.11 Å². The third kappa shape index (κ3) is 13.0. The Balaban J connectivity index is 1.09. The number of methoxy groups -OCH3 is 1. The second kappa shape index (κ2) is 23.7. The van der Waals surface area contributed by atoms with E-state index in [-0.39, 0.29) is 36.5 Å². The first-order valence-corrected chi connectivity index (χ1v) is 23.7. The number of amides is 4. The zero-order valence-electron chi connectivity index (χ0n) is 35.3. The lowest BCUT2D eigenvalue weighted by Crippen LogP contribution is -2.51. The van der Waals surface area contributed by atoms with Crippen molar-refractivity contribution < 1.29 is 23.9 Å². The molecule has 320 valence electrons. The molecule has 4 unspecified atom stereocenters. The van der Waals surface area contributed by atoms with Gasteiger partial charge >= 0.3 is 6.03 Å². The van der Waals surface area contributed by atoms with Crippen LogP contribution >= 0.6 is 11.8 Å². The second-order valence-corrected chi connectivity index (χ2v) is 18.1. The maximum Gasteiger partial charge on any atom is 0.315 e. The van der Waals surface area contributed by atoms with E-state index in [1.807, 2.05) is 96.7 Å². The van der Waals surface area contributed by atoms with Crippen molar-refractivity contribution in [3.05, 3.63) is 102 Å². The Morgan fingerprint density at radius 1 is 0.746 bits per heavy atom. The molecule has 0 bridgehead atoms. The number of hydrogen-bond donors (Lipinski definition) is 4. The standard InChI is InChI=1S/C49H68N4O5S/c1-57-41-32-30-40(31-33-41)49(38-24-14-9-15-25-38,39-26-16-10-17-27-39)58-35-42(51-45(54)29-19-18-28-44-46-43(36-59-44)52-48(56)53-46)47(55)50-34-20-8-7-13-23-37-21-11-5-3-2-4-6-12-22-37/h9-10,14-17,24-27,30-33,37,42-44,46H,2-8,11-13,18-23,28-29,34-36H2,1H3,(H,50,55)(H,51,54)(H2,52,53,56). The number of nitrogens with one attached hydrogen (secondary N) is 4. The van der Waals surface area contributed by atoms with Gasteiger partial charge in [-0.1, -0.05) is 163 Å². The average Bonchev–Trinajstić information content (AvgIpc) is 3.83. The van der Waals surface area contributed by atoms with Crippen molar-refractivity contribution in [2.24, 2.45) is 5.92 Å². The van der Waals surface area contributed by atoms with Crippen molar-refractivity contribution in [2.45, 2.75) is 145 Å². The fourth-order valence-electron chi connectivity index (χ4n) is 9.28. The van der Waals surface area contributed by atoms with Crippen LogP contribution in [0.15, 0.2) is 84.9 Å². The minimum atomic E-state index is -1.08. The molecule has 2 aliphatic heterocycles. The number of carbonyl (C=O) groups is 3. The lowest BCUT2D eigenvalue weighted by atomic mass is 9.80. The third-order valence-electron chi connectivity index (χ3n) is 12.6. The number of unbranched alkanes of at least 4 members (excludes halogenated alkanes) is 4. The highest BCUT2D eigenvalue weighted by atomic mass is 32.2. The zero-order valence-corrected chi connectivity index (χ0v) is 36.1. The van der Waals surface area contributed by atoms with Gasteiger partial charge in [0.05, 0.1) is 25.8 Å². The average molecular weight is 825 g/mol. The van der Waals surface area contributed by atoms with Crippen LogP contribution in [0.1, 0.15) is 132 Å². The minimum Gasteiger partial charge on any atom is -0.497 e. The highest BCUT2D eigenvalue weighted by molar-refractivity contribution is 8.00. The van der Waals surface area contributed by atoms with Crippen LogP contribution in [0.4, 0.5) is 4.79 Å². The molecule has 0 aromatic heterocycles. The molecule has 10 heteroatoms. The molecule has 3 aromatic rings. The summed E-state index contributed by atoms with van der Waals surface area (Å²) in [5, 5.41) is 12.6. The summed E-state index contributed by atoms with van der Waals surface area (Å²) in [6, 6.07) is 27.3. The van der Waals surface area contributed by atoms with E-state index in [0.717, 1.165) is 59.8 Å². The fourth-order valence-corrected chi connectivity index (χ4v) is 10.8. The van der Waals surface area contributed by atoms with Crippen LogP contribution in [0.2, 0.25) is 0 Å². The van der Waals surface area contributed by atoms with Gasteiger partial charge in [-0.2, -0.15) is 11.8 Å². The Bertz CT molecular complexity index is 1660. The molecule has 9 nitrogen and oxygen atoms in total. The normalized spacial score (nSPS) is 20.5. The van der Waals surface area contributed by atoms with Gasteiger partial charge in [0.1, 0.15) is 17.4 Å². The summed E-state index contributed by atoms with van der Waals surface area (Å²) in [5.74, 6) is 2.11. The maximum atomic E-state index is 14.1. The summed E-state index contributed by atoms with van der Waals surface area (Å²) in [6.07, 6.45) is 21.1. The van der Waals surface area contributed by atoms with Gasteiger partial charge in [-0.25, -0.2) is 4.79 Å². The summed E-state index contributed by atoms with van der Waals surface area (Å²) in [6.45, 7) is 0.519. The first-order chi connectivity index (χ1) is 29.0. The summed E-state index contributed by atoms with van der Waals surface area (Å²) >= 11 is 1.88. The molecular weight excluding hydrogens is 757 g/mol. The fraction of sp³-hybridized carbons (Fsp3) is 0.571. The molecule has 0 radical (unpaired) electrons. The molecule has 2 saturated heterocycles. The van der Waals surface area contributed by atoms with Gasteiger partial charge in [0.25, 0.3) is 0 Å². The molecule has 1 saturated carbocycles. The number of hydrogen-bond acceptors (Lipinski definition) is 6. The number of benzene rings is 3. The van der Waals surface area contributed by atoms with Crippen LogP contribution in [0.25, 0.3) is 0 Å². The summed E-state index contributed by atoms with van der Waals surface area (Å²) in [7, 11) is 1.65.